The lowest BCUT2D eigenvalue weighted by Gasteiger charge is -2.42. The van der Waals surface area contributed by atoms with Crippen LogP contribution in [0.5, 0.6) is 11.5 Å². The molecule has 0 spiro atoms. The Bertz CT molecular complexity index is 756. The predicted octanol–water partition coefficient (Wildman–Crippen LogP) is 8.31. The van der Waals surface area contributed by atoms with E-state index in [0.717, 1.165) is 16.0 Å². The van der Waals surface area contributed by atoms with Crippen molar-refractivity contribution in [2.75, 3.05) is 42.4 Å². The maximum Gasteiger partial charge on any atom is 0.118 e. The number of rotatable bonds is 18. The lowest BCUT2D eigenvalue weighted by atomic mass is 9.15. The fourth-order valence-electron chi connectivity index (χ4n) is 5.49. The standard InChI is InChI=1S/C30H48BO2.C4H12N/c1-5-7-9-11-13-15-25-31(26-16-14-12-10-8-6-2,27-17-21-29(32-3)22-18-27)28-19-23-30(33-4)24-20-28;1-5(2,3)4/h17-24H,5-16,25-26H2,1-4H3;1-4H3/q-1;+1. The maximum absolute atomic E-state index is 5.48. The summed E-state index contributed by atoms with van der Waals surface area (Å²) >= 11 is 0. The van der Waals surface area contributed by atoms with Gasteiger partial charge in [-0.1, -0.05) is 115 Å². The van der Waals surface area contributed by atoms with Crippen LogP contribution in [0.25, 0.3) is 0 Å². The third-order valence-corrected chi connectivity index (χ3v) is 7.61. The monoisotopic (exact) mass is 525 g/mol. The number of nitrogens with zero attached hydrogens (tertiary/aromatic N) is 1. The molecule has 0 aliphatic rings. The van der Waals surface area contributed by atoms with E-state index in [1.54, 1.807) is 14.2 Å². The molecule has 0 aliphatic carbocycles. The Balaban J connectivity index is 0.00000132. The number of hydrogen-bond donors (Lipinski definition) is 0. The van der Waals surface area contributed by atoms with Crippen LogP contribution in [0.3, 0.4) is 0 Å². The zero-order valence-corrected chi connectivity index (χ0v) is 26.4. The van der Waals surface area contributed by atoms with Gasteiger partial charge in [0.1, 0.15) is 11.5 Å². The molecular weight excluding hydrogens is 465 g/mol. The average molecular weight is 526 g/mol. The molecule has 0 fully saturated rings. The van der Waals surface area contributed by atoms with E-state index < -0.39 is 6.15 Å². The zero-order chi connectivity index (χ0) is 28.3. The van der Waals surface area contributed by atoms with Gasteiger partial charge in [0.25, 0.3) is 0 Å². The van der Waals surface area contributed by atoms with Crippen molar-refractivity contribution in [2.45, 2.75) is 104 Å². The molecule has 0 radical (unpaired) electrons. The number of ether oxygens (including phenoxy) is 2. The second-order valence-corrected chi connectivity index (χ2v) is 12.6. The summed E-state index contributed by atoms with van der Waals surface area (Å²) in [5.74, 6) is 1.88. The van der Waals surface area contributed by atoms with Gasteiger partial charge in [-0.2, -0.15) is 12.6 Å². The van der Waals surface area contributed by atoms with Gasteiger partial charge in [0, 0.05) is 0 Å². The smallest absolute Gasteiger partial charge is 0.118 e. The Kier molecular flexibility index (Phi) is 17.2. The first-order valence-electron chi connectivity index (χ1n) is 15.5. The Labute approximate surface area is 236 Å². The van der Waals surface area contributed by atoms with Crippen molar-refractivity contribution in [2.24, 2.45) is 0 Å². The number of benzene rings is 2. The largest absolute Gasteiger partial charge is 0.497 e. The molecule has 0 aliphatic heterocycles. The van der Waals surface area contributed by atoms with Gasteiger partial charge in [0.05, 0.1) is 48.6 Å². The van der Waals surface area contributed by atoms with Crippen LogP contribution in [-0.2, 0) is 0 Å². The van der Waals surface area contributed by atoms with Gasteiger partial charge >= 0.3 is 0 Å². The van der Waals surface area contributed by atoms with E-state index in [1.807, 2.05) is 0 Å². The van der Waals surface area contributed by atoms with Gasteiger partial charge in [-0.15, -0.1) is 0 Å². The molecule has 0 unspecified atom stereocenters. The number of hydrogen-bond acceptors (Lipinski definition) is 2. The summed E-state index contributed by atoms with van der Waals surface area (Å²) in [5.41, 5.74) is 2.98. The quantitative estimate of drug-likeness (QED) is 0.111. The first-order chi connectivity index (χ1) is 18.2. The minimum atomic E-state index is -0.813. The van der Waals surface area contributed by atoms with Crippen molar-refractivity contribution in [3.05, 3.63) is 48.5 Å². The molecule has 0 amide bonds. The van der Waals surface area contributed by atoms with E-state index in [-0.39, 0.29) is 0 Å². The SMILES string of the molecule is CCCCCCCC[B-](CCCCCCCC)(c1ccc(OC)cc1)c1ccc(OC)cc1.C[N+](C)(C)C. The van der Waals surface area contributed by atoms with E-state index in [4.69, 9.17) is 9.47 Å². The molecule has 0 aromatic heterocycles. The molecule has 2 aromatic carbocycles. The van der Waals surface area contributed by atoms with Crippen LogP contribution in [-0.4, -0.2) is 53.0 Å². The van der Waals surface area contributed by atoms with Crippen LogP contribution in [0.2, 0.25) is 12.6 Å². The Morgan fingerprint density at radius 3 is 1.08 bits per heavy atom. The molecular formula is C34H60BNO2. The predicted molar refractivity (Wildman–Crippen MR) is 171 cm³/mol. The van der Waals surface area contributed by atoms with Crippen LogP contribution < -0.4 is 20.4 Å². The van der Waals surface area contributed by atoms with Gasteiger partial charge in [-0.25, -0.2) is 10.9 Å². The highest BCUT2D eigenvalue weighted by Crippen LogP contribution is 2.26. The molecule has 38 heavy (non-hydrogen) atoms. The summed E-state index contributed by atoms with van der Waals surface area (Å²) < 4.78 is 12.0. The molecule has 2 rings (SSSR count). The van der Waals surface area contributed by atoms with Crippen molar-refractivity contribution >= 4 is 17.1 Å². The highest BCUT2D eigenvalue weighted by molar-refractivity contribution is 7.02. The third-order valence-electron chi connectivity index (χ3n) is 7.61. The molecule has 0 heterocycles. The molecule has 3 nitrogen and oxygen atoms in total. The number of unbranched alkanes of at least 4 members (excludes halogenated alkanes) is 10. The van der Waals surface area contributed by atoms with Gasteiger partial charge < -0.3 is 14.0 Å². The average Bonchev–Trinajstić information content (AvgIpc) is 2.90. The Hall–Kier alpha value is -1.94. The fraction of sp³-hybridized carbons (Fsp3) is 0.647. The molecule has 0 atom stereocenters. The second-order valence-electron chi connectivity index (χ2n) is 12.6. The molecule has 0 saturated carbocycles. The summed E-state index contributed by atoms with van der Waals surface area (Å²) in [7, 11) is 12.0. The maximum atomic E-state index is 5.48. The lowest BCUT2D eigenvalue weighted by Crippen LogP contribution is -2.58. The van der Waals surface area contributed by atoms with Crippen LogP contribution in [0.4, 0.5) is 0 Å². The van der Waals surface area contributed by atoms with Crippen LogP contribution in [0, 0.1) is 0 Å². The summed E-state index contributed by atoms with van der Waals surface area (Å²) in [4.78, 5) is 0. The van der Waals surface area contributed by atoms with Crippen molar-refractivity contribution in [3.8, 4) is 11.5 Å². The summed E-state index contributed by atoms with van der Waals surface area (Å²) in [6.07, 6.45) is 17.8. The van der Waals surface area contributed by atoms with E-state index in [0.29, 0.717) is 0 Å². The summed E-state index contributed by atoms with van der Waals surface area (Å²) in [6, 6.07) is 17.9. The summed E-state index contributed by atoms with van der Waals surface area (Å²) in [5, 5.41) is 0. The normalized spacial score (nSPS) is 11.6. The second kappa shape index (κ2) is 19.2. The molecule has 216 valence electrons. The van der Waals surface area contributed by atoms with Gasteiger partial charge in [-0.3, -0.25) is 0 Å². The lowest BCUT2D eigenvalue weighted by molar-refractivity contribution is -0.849. The molecule has 4 heteroatoms. The first-order valence-corrected chi connectivity index (χ1v) is 15.5. The van der Waals surface area contributed by atoms with Gasteiger partial charge in [0.2, 0.25) is 0 Å². The third kappa shape index (κ3) is 13.7. The molecule has 0 N–H and O–H groups in total. The van der Waals surface area contributed by atoms with Crippen molar-refractivity contribution in [3.63, 3.8) is 0 Å². The fourth-order valence-corrected chi connectivity index (χ4v) is 5.49. The van der Waals surface area contributed by atoms with E-state index in [9.17, 15) is 0 Å². The topological polar surface area (TPSA) is 18.5 Å². The minimum absolute atomic E-state index is 0.813. The van der Waals surface area contributed by atoms with Crippen molar-refractivity contribution in [1.29, 1.82) is 0 Å². The van der Waals surface area contributed by atoms with E-state index >= 15 is 0 Å². The summed E-state index contributed by atoms with van der Waals surface area (Å²) in [6.45, 7) is 4.59. The number of quaternary nitrogens is 1. The van der Waals surface area contributed by atoms with Gasteiger partial charge in [0.15, 0.2) is 0 Å². The number of methoxy groups -OCH3 is 2. The Morgan fingerprint density at radius 1 is 0.500 bits per heavy atom. The van der Waals surface area contributed by atoms with Crippen LogP contribution in [0.15, 0.2) is 48.5 Å². The minimum Gasteiger partial charge on any atom is -0.497 e. The van der Waals surface area contributed by atoms with Crippen molar-refractivity contribution < 1.29 is 14.0 Å². The Morgan fingerprint density at radius 2 is 0.789 bits per heavy atom. The highest BCUT2D eigenvalue weighted by Gasteiger charge is 2.27. The van der Waals surface area contributed by atoms with Crippen molar-refractivity contribution in [1.82, 2.24) is 0 Å². The van der Waals surface area contributed by atoms with E-state index in [2.05, 4.69) is 90.6 Å². The first kappa shape index (κ1) is 34.1. The van der Waals surface area contributed by atoms with Gasteiger partial charge in [-0.05, 0) is 24.3 Å². The molecule has 2 aromatic rings. The highest BCUT2D eigenvalue weighted by atomic mass is 16.5. The van der Waals surface area contributed by atoms with Crippen LogP contribution in [0.1, 0.15) is 90.9 Å². The molecule has 0 bridgehead atoms. The van der Waals surface area contributed by atoms with Crippen LogP contribution >= 0.6 is 0 Å². The van der Waals surface area contributed by atoms with E-state index in [1.165, 1.54) is 101 Å². The zero-order valence-electron chi connectivity index (χ0n) is 26.4. The molecule has 0 saturated heterocycles.